The Kier molecular flexibility index (Phi) is 5.15. The van der Waals surface area contributed by atoms with Gasteiger partial charge in [0.25, 0.3) is 5.91 Å². The number of hydrogen-bond donors (Lipinski definition) is 1. The van der Waals surface area contributed by atoms with Gasteiger partial charge in [-0.2, -0.15) is 28.6 Å². The Hall–Kier alpha value is -3.69. The van der Waals surface area contributed by atoms with Crippen LogP contribution in [-0.2, 0) is 11.0 Å². The van der Waals surface area contributed by atoms with Crippen molar-refractivity contribution in [2.24, 2.45) is 11.8 Å². The third-order valence-electron chi connectivity index (χ3n) is 6.30. The van der Waals surface area contributed by atoms with Crippen LogP contribution in [0, 0.1) is 11.8 Å². The van der Waals surface area contributed by atoms with Gasteiger partial charge in [0, 0.05) is 49.7 Å². The molecule has 33 heavy (non-hydrogen) atoms. The second-order valence-electron chi connectivity index (χ2n) is 8.45. The molecule has 7 nitrogen and oxygen atoms in total. The molecule has 3 aromatic rings. The fraction of sp³-hybridized carbons (Fsp3) is 0.304. The molecule has 2 aliphatic heterocycles. The van der Waals surface area contributed by atoms with Gasteiger partial charge in [0.05, 0.1) is 5.56 Å². The van der Waals surface area contributed by atoms with Crippen molar-refractivity contribution in [2.75, 3.05) is 26.2 Å². The van der Waals surface area contributed by atoms with Crippen molar-refractivity contribution in [3.8, 4) is 0 Å². The maximum Gasteiger partial charge on any atom is 0.416 e. The summed E-state index contributed by atoms with van der Waals surface area (Å²) in [5.41, 5.74) is 1.69. The maximum absolute atomic E-state index is 12.9. The van der Waals surface area contributed by atoms with Crippen LogP contribution in [0.4, 0.5) is 13.2 Å². The number of fused-ring (bicyclic) bond motifs is 2. The Morgan fingerprint density at radius 2 is 1.55 bits per heavy atom. The van der Waals surface area contributed by atoms with Gasteiger partial charge in [-0.1, -0.05) is 12.1 Å². The fourth-order valence-electron chi connectivity index (χ4n) is 4.55. The summed E-state index contributed by atoms with van der Waals surface area (Å²) >= 11 is 0. The summed E-state index contributed by atoms with van der Waals surface area (Å²) in [6.45, 7) is 2.25. The van der Waals surface area contributed by atoms with Crippen molar-refractivity contribution in [1.82, 2.24) is 25.2 Å². The average Bonchev–Trinajstić information content (AvgIpc) is 3.50. The molecule has 0 spiro atoms. The number of aromatic amines is 1. The molecule has 2 atom stereocenters. The molecule has 5 rings (SSSR count). The van der Waals surface area contributed by atoms with E-state index in [1.54, 1.807) is 23.1 Å². The number of likely N-dealkylation sites (tertiary alicyclic amines) is 2. The molecule has 2 fully saturated rings. The van der Waals surface area contributed by atoms with Gasteiger partial charge in [0.1, 0.15) is 11.0 Å². The van der Waals surface area contributed by atoms with Gasteiger partial charge in [-0.05, 0) is 42.0 Å². The van der Waals surface area contributed by atoms with Gasteiger partial charge in [-0.3, -0.25) is 9.59 Å². The zero-order chi connectivity index (χ0) is 23.2. The van der Waals surface area contributed by atoms with E-state index in [1.807, 2.05) is 4.90 Å². The Labute approximate surface area is 186 Å². The minimum atomic E-state index is -4.39. The van der Waals surface area contributed by atoms with Gasteiger partial charge >= 0.3 is 6.18 Å². The number of rotatable bonds is 3. The zero-order valence-corrected chi connectivity index (χ0v) is 17.4. The van der Waals surface area contributed by atoms with E-state index in [-0.39, 0.29) is 23.7 Å². The number of alkyl halides is 3. The molecule has 10 heteroatoms. The molecule has 2 aromatic carbocycles. The van der Waals surface area contributed by atoms with Gasteiger partial charge in [0.15, 0.2) is 0 Å². The maximum atomic E-state index is 12.9. The molecular weight excluding hydrogens is 435 g/mol. The van der Waals surface area contributed by atoms with Crippen molar-refractivity contribution in [3.63, 3.8) is 0 Å². The van der Waals surface area contributed by atoms with Crippen LogP contribution in [0.2, 0.25) is 0 Å². The Bertz CT molecular complexity index is 1220. The van der Waals surface area contributed by atoms with Crippen LogP contribution in [0.15, 0.2) is 48.5 Å². The van der Waals surface area contributed by atoms with Gasteiger partial charge < -0.3 is 9.80 Å². The first kappa shape index (κ1) is 21.2. The fourth-order valence-corrected chi connectivity index (χ4v) is 4.55. The molecule has 2 amide bonds. The number of halogens is 3. The molecule has 3 heterocycles. The van der Waals surface area contributed by atoms with Crippen LogP contribution >= 0.6 is 0 Å². The van der Waals surface area contributed by atoms with E-state index in [4.69, 9.17) is 0 Å². The number of H-pyrrole nitrogens is 1. The summed E-state index contributed by atoms with van der Waals surface area (Å²) in [5.74, 6) is 0.161. The highest BCUT2D eigenvalue weighted by Crippen LogP contribution is 2.32. The first-order valence-electron chi connectivity index (χ1n) is 10.5. The molecule has 2 aliphatic rings. The topological polar surface area (TPSA) is 82.2 Å². The Morgan fingerprint density at radius 1 is 0.909 bits per heavy atom. The Balaban J connectivity index is 1.17. The first-order chi connectivity index (χ1) is 15.8. The standard InChI is InChI=1S/C23H20F3N5O2/c24-23(25,26)18-5-1-14(2-6-18)3-8-21(32)30-10-16-12-31(13-17(16)11-30)22(33)15-4-7-19-20(9-15)28-29-27-19/h1-9,16-17H,10-13H2,(H,27,28,29)/b8-3+/t16-,17-/m1/s1. The van der Waals surface area contributed by atoms with Crippen LogP contribution in [0.3, 0.4) is 0 Å². The average molecular weight is 455 g/mol. The van der Waals surface area contributed by atoms with Crippen molar-refractivity contribution in [1.29, 1.82) is 0 Å². The van der Waals surface area contributed by atoms with E-state index in [1.165, 1.54) is 24.3 Å². The number of carbonyl (C=O) groups excluding carboxylic acids is 2. The SMILES string of the molecule is O=C(/C=C/c1ccc(C(F)(F)F)cc1)N1C[C@@H]2CN(C(=O)c3ccc4n[nH]nc4c3)C[C@H]2C1. The lowest BCUT2D eigenvalue weighted by Crippen LogP contribution is -2.35. The highest BCUT2D eigenvalue weighted by molar-refractivity contribution is 5.97. The van der Waals surface area contributed by atoms with Crippen LogP contribution in [0.5, 0.6) is 0 Å². The molecule has 0 radical (unpaired) electrons. The summed E-state index contributed by atoms with van der Waals surface area (Å²) in [7, 11) is 0. The number of amides is 2. The lowest BCUT2D eigenvalue weighted by Gasteiger charge is -2.21. The highest BCUT2D eigenvalue weighted by atomic mass is 19.4. The van der Waals surface area contributed by atoms with Crippen LogP contribution in [0.25, 0.3) is 17.1 Å². The predicted molar refractivity (Wildman–Crippen MR) is 114 cm³/mol. The monoisotopic (exact) mass is 455 g/mol. The molecule has 1 N–H and O–H groups in total. The molecule has 1 aromatic heterocycles. The number of nitrogens with zero attached hydrogens (tertiary/aromatic N) is 4. The van der Waals surface area contributed by atoms with E-state index in [2.05, 4.69) is 15.4 Å². The quantitative estimate of drug-likeness (QED) is 0.615. The summed E-state index contributed by atoms with van der Waals surface area (Å²) in [4.78, 5) is 29.0. The van der Waals surface area contributed by atoms with Crippen LogP contribution < -0.4 is 0 Å². The molecule has 0 bridgehead atoms. The largest absolute Gasteiger partial charge is 0.416 e. The normalized spacial score (nSPS) is 20.7. The number of nitrogens with one attached hydrogen (secondary N) is 1. The van der Waals surface area contributed by atoms with Crippen LogP contribution in [0.1, 0.15) is 21.5 Å². The van der Waals surface area contributed by atoms with Crippen molar-refractivity contribution in [3.05, 3.63) is 65.2 Å². The lowest BCUT2D eigenvalue weighted by atomic mass is 10.0. The number of hydrogen-bond acceptors (Lipinski definition) is 4. The second kappa shape index (κ2) is 8.02. The van der Waals surface area contributed by atoms with Crippen molar-refractivity contribution >= 4 is 28.9 Å². The molecule has 0 unspecified atom stereocenters. The lowest BCUT2D eigenvalue weighted by molar-refractivity contribution is -0.137. The number of benzene rings is 2. The van der Waals surface area contributed by atoms with Crippen molar-refractivity contribution in [2.45, 2.75) is 6.18 Å². The van der Waals surface area contributed by atoms with Gasteiger partial charge in [-0.25, -0.2) is 0 Å². The summed E-state index contributed by atoms with van der Waals surface area (Å²) in [6.07, 6.45) is -1.48. The van der Waals surface area contributed by atoms with Crippen LogP contribution in [-0.4, -0.2) is 63.2 Å². The molecule has 0 aliphatic carbocycles. The summed E-state index contributed by atoms with van der Waals surface area (Å²) < 4.78 is 38.0. The minimum Gasteiger partial charge on any atom is -0.338 e. The van der Waals surface area contributed by atoms with E-state index in [0.717, 1.165) is 12.1 Å². The Morgan fingerprint density at radius 3 is 2.21 bits per heavy atom. The minimum absolute atomic E-state index is 0.0608. The first-order valence-corrected chi connectivity index (χ1v) is 10.5. The third-order valence-corrected chi connectivity index (χ3v) is 6.30. The predicted octanol–water partition coefficient (Wildman–Crippen LogP) is 3.22. The zero-order valence-electron chi connectivity index (χ0n) is 17.4. The van der Waals surface area contributed by atoms with E-state index in [9.17, 15) is 22.8 Å². The smallest absolute Gasteiger partial charge is 0.338 e. The highest BCUT2D eigenvalue weighted by Gasteiger charge is 2.42. The molecule has 0 saturated carbocycles. The molecule has 2 saturated heterocycles. The second-order valence-corrected chi connectivity index (χ2v) is 8.45. The molecule has 170 valence electrons. The third kappa shape index (κ3) is 4.20. The van der Waals surface area contributed by atoms with E-state index >= 15 is 0 Å². The number of carbonyl (C=O) groups is 2. The van der Waals surface area contributed by atoms with Gasteiger partial charge in [0.2, 0.25) is 5.91 Å². The van der Waals surface area contributed by atoms with Gasteiger partial charge in [-0.15, -0.1) is 0 Å². The summed E-state index contributed by atoms with van der Waals surface area (Å²) in [5, 5.41) is 10.5. The summed E-state index contributed by atoms with van der Waals surface area (Å²) in [6, 6.07) is 9.88. The molecular formula is C23H20F3N5O2. The van der Waals surface area contributed by atoms with E-state index < -0.39 is 11.7 Å². The number of aromatic nitrogens is 3. The van der Waals surface area contributed by atoms with Crippen molar-refractivity contribution < 1.29 is 22.8 Å². The van der Waals surface area contributed by atoms with E-state index in [0.29, 0.717) is 48.3 Å².